The minimum absolute atomic E-state index is 0. The molecule has 1 aromatic heterocycles. The highest BCUT2D eigenvalue weighted by Gasteiger charge is 2.16. The molecular formula is C18H25ClN2O2. The Morgan fingerprint density at radius 3 is 2.61 bits per heavy atom. The molecule has 0 bridgehead atoms. The van der Waals surface area contributed by atoms with E-state index < -0.39 is 0 Å². The number of rotatable bonds is 4. The number of ether oxygens (including phenoxy) is 1. The Hall–Kier alpha value is -1.81. The molecule has 23 heavy (non-hydrogen) atoms. The molecule has 0 saturated carbocycles. The van der Waals surface area contributed by atoms with E-state index in [0.29, 0.717) is 12.5 Å². The van der Waals surface area contributed by atoms with E-state index in [1.807, 2.05) is 13.8 Å². The first-order valence-corrected chi connectivity index (χ1v) is 7.67. The third-order valence-corrected chi connectivity index (χ3v) is 3.91. The molecule has 1 aromatic carbocycles. The molecule has 0 spiro atoms. The van der Waals surface area contributed by atoms with Crippen molar-refractivity contribution >= 4 is 18.5 Å². The van der Waals surface area contributed by atoms with Gasteiger partial charge in [0.25, 0.3) is 0 Å². The van der Waals surface area contributed by atoms with Crippen LogP contribution in [0.1, 0.15) is 49.1 Å². The van der Waals surface area contributed by atoms with Crippen LogP contribution in [-0.4, -0.2) is 22.3 Å². The van der Waals surface area contributed by atoms with Gasteiger partial charge in [-0.3, -0.25) is 0 Å². The minimum Gasteiger partial charge on any atom is -0.449 e. The Bertz CT molecular complexity index is 665. The van der Waals surface area contributed by atoms with Crippen LogP contribution in [0.15, 0.2) is 30.7 Å². The summed E-state index contributed by atoms with van der Waals surface area (Å²) in [6.07, 6.45) is 2.91. The summed E-state index contributed by atoms with van der Waals surface area (Å²) >= 11 is 0. The summed E-state index contributed by atoms with van der Waals surface area (Å²) < 4.78 is 6.63. The number of halogens is 1. The predicted molar refractivity (Wildman–Crippen MR) is 94.5 cm³/mol. The Kier molecular flexibility index (Phi) is 6.82. The van der Waals surface area contributed by atoms with Crippen molar-refractivity contribution in [3.8, 4) is 0 Å². The smallest absolute Gasteiger partial charge is 0.419 e. The van der Waals surface area contributed by atoms with Crippen LogP contribution in [0.2, 0.25) is 0 Å². The topological polar surface area (TPSA) is 44.1 Å². The molecule has 5 heteroatoms. The van der Waals surface area contributed by atoms with Gasteiger partial charge in [0.1, 0.15) is 6.33 Å². The van der Waals surface area contributed by atoms with Gasteiger partial charge in [0, 0.05) is 12.1 Å². The van der Waals surface area contributed by atoms with Crippen LogP contribution in [0.4, 0.5) is 4.79 Å². The van der Waals surface area contributed by atoms with Crippen LogP contribution >= 0.6 is 12.4 Å². The fourth-order valence-electron chi connectivity index (χ4n) is 2.38. The molecule has 0 aliphatic rings. The summed E-state index contributed by atoms with van der Waals surface area (Å²) in [5.41, 5.74) is 4.64. The summed E-state index contributed by atoms with van der Waals surface area (Å²) in [6.45, 7) is 10.8. The van der Waals surface area contributed by atoms with Crippen molar-refractivity contribution in [1.29, 1.82) is 0 Å². The number of aryl methyl sites for hydroxylation is 1. The summed E-state index contributed by atoms with van der Waals surface area (Å²) in [6, 6.07) is 6.28. The summed E-state index contributed by atoms with van der Waals surface area (Å²) in [5, 5.41) is 0. The lowest BCUT2D eigenvalue weighted by Crippen LogP contribution is -2.15. The van der Waals surface area contributed by atoms with Crippen molar-refractivity contribution in [3.05, 3.63) is 53.1 Å². The molecule has 0 saturated heterocycles. The normalized spacial score (nSPS) is 11.9. The second-order valence-electron chi connectivity index (χ2n) is 6.19. The second kappa shape index (κ2) is 8.16. The van der Waals surface area contributed by atoms with E-state index in [2.05, 4.69) is 44.0 Å². The van der Waals surface area contributed by atoms with E-state index in [1.54, 1.807) is 6.20 Å². The van der Waals surface area contributed by atoms with Crippen molar-refractivity contribution < 1.29 is 9.53 Å². The maximum atomic E-state index is 11.9. The van der Waals surface area contributed by atoms with E-state index in [1.165, 1.54) is 27.6 Å². The molecule has 1 heterocycles. The van der Waals surface area contributed by atoms with Crippen LogP contribution in [0.5, 0.6) is 0 Å². The van der Waals surface area contributed by atoms with Crippen LogP contribution in [-0.2, 0) is 4.74 Å². The molecule has 2 rings (SSSR count). The average Bonchev–Trinajstić information content (AvgIpc) is 2.97. The van der Waals surface area contributed by atoms with Gasteiger partial charge < -0.3 is 4.74 Å². The molecule has 0 N–H and O–H groups in total. The largest absolute Gasteiger partial charge is 0.449 e. The maximum absolute atomic E-state index is 11.9. The molecule has 1 atom stereocenters. The SMILES string of the molecule is Cc1cccc([C@H](C)c2cn(C(=O)OCC(C)C)cn2)c1C.Cl. The number of aromatic nitrogens is 2. The molecule has 0 aliphatic heterocycles. The molecule has 0 radical (unpaired) electrons. The van der Waals surface area contributed by atoms with Gasteiger partial charge in [-0.15, -0.1) is 12.4 Å². The van der Waals surface area contributed by atoms with E-state index in [9.17, 15) is 4.79 Å². The Morgan fingerprint density at radius 1 is 1.26 bits per heavy atom. The standard InChI is InChI=1S/C18H24N2O2.ClH/c1-12(2)10-22-18(21)20-9-17(19-11-20)15(5)16-8-6-7-13(3)14(16)4;/h6-9,11-12,15H,10H2,1-5H3;1H/t15-;/m0./s1. The zero-order chi connectivity index (χ0) is 16.3. The van der Waals surface area contributed by atoms with E-state index in [-0.39, 0.29) is 24.4 Å². The van der Waals surface area contributed by atoms with Gasteiger partial charge in [-0.05, 0) is 36.5 Å². The van der Waals surface area contributed by atoms with Crippen LogP contribution < -0.4 is 0 Å². The van der Waals surface area contributed by atoms with Crippen molar-refractivity contribution in [3.63, 3.8) is 0 Å². The third kappa shape index (κ3) is 4.58. The number of nitrogens with zero attached hydrogens (tertiary/aromatic N) is 2. The highest BCUT2D eigenvalue weighted by atomic mass is 35.5. The number of hydrogen-bond acceptors (Lipinski definition) is 3. The van der Waals surface area contributed by atoms with Crippen molar-refractivity contribution in [2.45, 2.75) is 40.5 Å². The zero-order valence-corrected chi connectivity index (χ0v) is 15.2. The lowest BCUT2D eigenvalue weighted by Gasteiger charge is -2.14. The van der Waals surface area contributed by atoms with E-state index >= 15 is 0 Å². The van der Waals surface area contributed by atoms with Crippen molar-refractivity contribution in [1.82, 2.24) is 9.55 Å². The van der Waals surface area contributed by atoms with Gasteiger partial charge in [0.05, 0.1) is 12.3 Å². The Labute approximate surface area is 144 Å². The number of carbonyl (C=O) groups excluding carboxylic acids is 1. The maximum Gasteiger partial charge on any atom is 0.419 e. The zero-order valence-electron chi connectivity index (χ0n) is 14.4. The lowest BCUT2D eigenvalue weighted by molar-refractivity contribution is 0.134. The fourth-order valence-corrected chi connectivity index (χ4v) is 2.38. The summed E-state index contributed by atoms with van der Waals surface area (Å²) in [4.78, 5) is 16.3. The van der Waals surface area contributed by atoms with Crippen LogP contribution in [0, 0.1) is 19.8 Å². The first kappa shape index (κ1) is 19.2. The molecule has 4 nitrogen and oxygen atoms in total. The lowest BCUT2D eigenvalue weighted by atomic mass is 9.92. The Morgan fingerprint density at radius 2 is 1.96 bits per heavy atom. The monoisotopic (exact) mass is 336 g/mol. The van der Waals surface area contributed by atoms with Crippen molar-refractivity contribution in [2.24, 2.45) is 5.92 Å². The first-order chi connectivity index (χ1) is 10.4. The first-order valence-electron chi connectivity index (χ1n) is 7.67. The van der Waals surface area contributed by atoms with Gasteiger partial charge in [-0.2, -0.15) is 0 Å². The molecular weight excluding hydrogens is 312 g/mol. The van der Waals surface area contributed by atoms with Gasteiger partial charge in [0.2, 0.25) is 0 Å². The Balaban J connectivity index is 0.00000264. The summed E-state index contributed by atoms with van der Waals surface area (Å²) in [5.74, 6) is 0.458. The van der Waals surface area contributed by atoms with Gasteiger partial charge in [-0.25, -0.2) is 14.3 Å². The second-order valence-corrected chi connectivity index (χ2v) is 6.19. The van der Waals surface area contributed by atoms with Gasteiger partial charge >= 0.3 is 6.09 Å². The van der Waals surface area contributed by atoms with E-state index in [4.69, 9.17) is 4.74 Å². The summed E-state index contributed by atoms with van der Waals surface area (Å²) in [7, 11) is 0. The molecule has 0 aliphatic carbocycles. The molecule has 0 fully saturated rings. The molecule has 0 unspecified atom stereocenters. The quantitative estimate of drug-likeness (QED) is 0.811. The van der Waals surface area contributed by atoms with Gasteiger partial charge in [0.15, 0.2) is 0 Å². The number of carbonyl (C=O) groups is 1. The molecule has 2 aromatic rings. The fraction of sp³-hybridized carbons (Fsp3) is 0.444. The van der Waals surface area contributed by atoms with Crippen LogP contribution in [0.25, 0.3) is 0 Å². The predicted octanol–water partition coefficient (Wildman–Crippen LogP) is 4.71. The number of benzene rings is 1. The highest BCUT2D eigenvalue weighted by Crippen LogP contribution is 2.27. The molecule has 126 valence electrons. The molecule has 0 amide bonds. The van der Waals surface area contributed by atoms with Crippen molar-refractivity contribution in [2.75, 3.05) is 6.61 Å². The minimum atomic E-state index is -0.374. The average molecular weight is 337 g/mol. The number of hydrogen-bond donors (Lipinski definition) is 0. The van der Waals surface area contributed by atoms with Crippen LogP contribution in [0.3, 0.4) is 0 Å². The van der Waals surface area contributed by atoms with Gasteiger partial charge in [-0.1, -0.05) is 39.0 Å². The third-order valence-electron chi connectivity index (χ3n) is 3.91. The highest BCUT2D eigenvalue weighted by molar-refractivity contribution is 5.85. The van der Waals surface area contributed by atoms with E-state index in [0.717, 1.165) is 5.69 Å². The number of imidazole rings is 1.